The lowest BCUT2D eigenvalue weighted by Gasteiger charge is -2.30. The van der Waals surface area contributed by atoms with Crippen molar-refractivity contribution in [1.29, 1.82) is 0 Å². The molecule has 1 atom stereocenters. The smallest absolute Gasteiger partial charge is 0.373 e. The molecular weight excluding hydrogens is 200 g/mol. The fourth-order valence-electron chi connectivity index (χ4n) is 1.07. The molecule has 0 amide bonds. The van der Waals surface area contributed by atoms with Crippen LogP contribution in [0.2, 0.25) is 0 Å². The highest BCUT2D eigenvalue weighted by Crippen LogP contribution is 2.10. The van der Waals surface area contributed by atoms with Crippen LogP contribution < -0.4 is 11.5 Å². The fourth-order valence-corrected chi connectivity index (χ4v) is 3.21. The van der Waals surface area contributed by atoms with Gasteiger partial charge in [0.25, 0.3) is 0 Å². The summed E-state index contributed by atoms with van der Waals surface area (Å²) < 4.78 is 16.7. The van der Waals surface area contributed by atoms with E-state index in [1.807, 2.05) is 20.8 Å². The van der Waals surface area contributed by atoms with Crippen molar-refractivity contribution in [2.24, 2.45) is 11.5 Å². The van der Waals surface area contributed by atoms with E-state index in [4.69, 9.17) is 24.7 Å². The Kier molecular flexibility index (Phi) is 7.34. The zero-order valence-corrected chi connectivity index (χ0v) is 10.3. The van der Waals surface area contributed by atoms with Crippen LogP contribution in [0.5, 0.6) is 0 Å². The molecule has 0 fully saturated rings. The Hall–Kier alpha value is 0.0169. The average molecular weight is 222 g/mol. The first-order chi connectivity index (χ1) is 6.64. The molecule has 14 heavy (non-hydrogen) atoms. The summed E-state index contributed by atoms with van der Waals surface area (Å²) in [5.74, 6) is 0. The van der Waals surface area contributed by atoms with Crippen molar-refractivity contribution in [2.45, 2.75) is 26.9 Å². The molecule has 0 aliphatic heterocycles. The van der Waals surface area contributed by atoms with Crippen LogP contribution in [0, 0.1) is 0 Å². The van der Waals surface area contributed by atoms with Crippen LogP contribution in [0.25, 0.3) is 0 Å². The minimum Gasteiger partial charge on any atom is -0.373 e. The quantitative estimate of drug-likeness (QED) is 0.559. The van der Waals surface area contributed by atoms with Crippen LogP contribution in [0.1, 0.15) is 20.8 Å². The minimum atomic E-state index is -2.66. The molecule has 0 aromatic heterocycles. The van der Waals surface area contributed by atoms with Crippen LogP contribution >= 0.6 is 0 Å². The molecule has 0 aromatic carbocycles. The third kappa shape index (κ3) is 4.49. The summed E-state index contributed by atoms with van der Waals surface area (Å²) in [4.78, 5) is 0. The molecule has 0 heterocycles. The predicted octanol–water partition coefficient (Wildman–Crippen LogP) is -0.140. The van der Waals surface area contributed by atoms with Gasteiger partial charge in [-0.2, -0.15) is 0 Å². The van der Waals surface area contributed by atoms with E-state index in [0.717, 1.165) is 0 Å². The van der Waals surface area contributed by atoms with E-state index in [-0.39, 0.29) is 6.10 Å². The van der Waals surface area contributed by atoms with Gasteiger partial charge in [-0.1, -0.05) is 0 Å². The third-order valence-corrected chi connectivity index (χ3v) is 4.41. The third-order valence-electron chi connectivity index (χ3n) is 1.69. The Bertz CT molecular complexity index is 143. The Labute approximate surface area is 87.1 Å². The molecule has 0 bridgehead atoms. The fraction of sp³-hybridized carbons (Fsp3) is 1.00. The Morgan fingerprint density at radius 3 is 1.93 bits per heavy atom. The second-order valence-corrected chi connectivity index (χ2v) is 5.50. The van der Waals surface area contributed by atoms with Crippen molar-refractivity contribution in [3.05, 3.63) is 0 Å². The summed E-state index contributed by atoms with van der Waals surface area (Å²) in [5, 5.41) is 0. The summed E-state index contributed by atoms with van der Waals surface area (Å²) in [6, 6.07) is 0. The van der Waals surface area contributed by atoms with E-state index in [0.29, 0.717) is 25.9 Å². The molecule has 0 saturated carbocycles. The zero-order chi connectivity index (χ0) is 11.0. The van der Waals surface area contributed by atoms with E-state index in [1.54, 1.807) is 0 Å². The lowest BCUT2D eigenvalue weighted by atomic mass is 10.4. The maximum absolute atomic E-state index is 5.66. The first kappa shape index (κ1) is 14.0. The van der Waals surface area contributed by atoms with Gasteiger partial charge in [0.15, 0.2) is 0 Å². The lowest BCUT2D eigenvalue weighted by Crippen LogP contribution is -2.55. The molecule has 5 nitrogen and oxygen atoms in total. The van der Waals surface area contributed by atoms with Crippen LogP contribution in [0.3, 0.4) is 0 Å². The van der Waals surface area contributed by atoms with Gasteiger partial charge in [0, 0.05) is 19.8 Å². The summed E-state index contributed by atoms with van der Waals surface area (Å²) in [5.41, 5.74) is 11.1. The highest BCUT2D eigenvalue weighted by molar-refractivity contribution is 6.60. The molecule has 1 unspecified atom stereocenters. The van der Waals surface area contributed by atoms with E-state index in [2.05, 4.69) is 0 Å². The van der Waals surface area contributed by atoms with E-state index in [9.17, 15) is 0 Å². The second kappa shape index (κ2) is 7.33. The molecule has 0 aromatic rings. The van der Waals surface area contributed by atoms with E-state index >= 15 is 0 Å². The highest BCUT2D eigenvalue weighted by atomic mass is 28.4. The van der Waals surface area contributed by atoms with Crippen LogP contribution in [0.15, 0.2) is 0 Å². The number of hydrogen-bond acceptors (Lipinski definition) is 5. The first-order valence-electron chi connectivity index (χ1n) is 5.00. The second-order valence-electron chi connectivity index (χ2n) is 2.92. The highest BCUT2D eigenvalue weighted by Gasteiger charge is 2.40. The SMILES string of the molecule is CCO[Si](CN)(OCC)OC(C)CN. The maximum Gasteiger partial charge on any atom is 0.515 e. The van der Waals surface area contributed by atoms with Crippen molar-refractivity contribution < 1.29 is 13.3 Å². The van der Waals surface area contributed by atoms with Crippen molar-refractivity contribution in [3.8, 4) is 0 Å². The van der Waals surface area contributed by atoms with Gasteiger partial charge in [0.05, 0.1) is 12.3 Å². The molecule has 0 spiro atoms. The van der Waals surface area contributed by atoms with Crippen molar-refractivity contribution >= 4 is 8.80 Å². The Balaban J connectivity index is 4.31. The predicted molar refractivity (Wildman–Crippen MR) is 57.7 cm³/mol. The van der Waals surface area contributed by atoms with Gasteiger partial charge < -0.3 is 24.7 Å². The molecule has 6 heteroatoms. The molecule has 0 aliphatic carbocycles. The molecule has 0 aliphatic rings. The summed E-state index contributed by atoms with van der Waals surface area (Å²) >= 11 is 0. The number of rotatable bonds is 8. The van der Waals surface area contributed by atoms with Crippen LogP contribution in [-0.4, -0.2) is 40.8 Å². The summed E-state index contributed by atoms with van der Waals surface area (Å²) in [6.45, 7) is 7.20. The summed E-state index contributed by atoms with van der Waals surface area (Å²) in [7, 11) is -2.66. The molecule has 0 saturated heterocycles. The van der Waals surface area contributed by atoms with Crippen molar-refractivity contribution in [2.75, 3.05) is 25.9 Å². The topological polar surface area (TPSA) is 79.7 Å². The molecule has 4 N–H and O–H groups in total. The van der Waals surface area contributed by atoms with Gasteiger partial charge in [0.1, 0.15) is 0 Å². The summed E-state index contributed by atoms with van der Waals surface area (Å²) in [6.07, 6.45) is 0.210. The molecular formula is C8H22N2O3Si. The number of hydrogen-bond donors (Lipinski definition) is 2. The van der Waals surface area contributed by atoms with Crippen LogP contribution in [-0.2, 0) is 13.3 Å². The Morgan fingerprint density at radius 1 is 1.14 bits per heavy atom. The van der Waals surface area contributed by atoms with Gasteiger partial charge in [-0.15, -0.1) is 0 Å². The molecule has 0 radical (unpaired) electrons. The Morgan fingerprint density at radius 2 is 1.64 bits per heavy atom. The van der Waals surface area contributed by atoms with Gasteiger partial charge in [0.2, 0.25) is 0 Å². The van der Waals surface area contributed by atoms with Gasteiger partial charge in [-0.05, 0) is 20.8 Å². The van der Waals surface area contributed by atoms with Crippen molar-refractivity contribution in [3.63, 3.8) is 0 Å². The zero-order valence-electron chi connectivity index (χ0n) is 9.29. The molecule has 0 rings (SSSR count). The average Bonchev–Trinajstić information content (AvgIpc) is 2.18. The lowest BCUT2D eigenvalue weighted by molar-refractivity contribution is 0.0424. The number of nitrogens with two attached hydrogens (primary N) is 2. The monoisotopic (exact) mass is 222 g/mol. The van der Waals surface area contributed by atoms with Gasteiger partial charge >= 0.3 is 8.80 Å². The van der Waals surface area contributed by atoms with Gasteiger partial charge in [-0.3, -0.25) is 0 Å². The first-order valence-corrected chi connectivity index (χ1v) is 6.93. The van der Waals surface area contributed by atoms with E-state index < -0.39 is 8.80 Å². The normalized spacial score (nSPS) is 14.4. The van der Waals surface area contributed by atoms with E-state index in [1.165, 1.54) is 0 Å². The standard InChI is InChI=1S/C8H22N2O3Si/c1-4-11-14(7-10,12-5-2)13-8(3)6-9/h8H,4-7,9-10H2,1-3H3. The van der Waals surface area contributed by atoms with Crippen LogP contribution in [0.4, 0.5) is 0 Å². The van der Waals surface area contributed by atoms with Crippen molar-refractivity contribution in [1.82, 2.24) is 0 Å². The largest absolute Gasteiger partial charge is 0.515 e. The van der Waals surface area contributed by atoms with Gasteiger partial charge in [-0.25, -0.2) is 0 Å². The maximum atomic E-state index is 5.66. The molecule has 86 valence electrons. The minimum absolute atomic E-state index is 0.0803.